The Morgan fingerprint density at radius 1 is 1.12 bits per heavy atom. The van der Waals surface area contributed by atoms with E-state index >= 15 is 0 Å². The average Bonchev–Trinajstić information content (AvgIpc) is 2.78. The smallest absolute Gasteiger partial charge is 0.314 e. The fraction of sp³-hybridized carbons (Fsp3) is 0.455. The maximum Gasteiger partial charge on any atom is 0.314 e. The number of rotatable bonds is 9. The van der Waals surface area contributed by atoms with E-state index in [1.807, 2.05) is 35.2 Å². The summed E-state index contributed by atoms with van der Waals surface area (Å²) >= 11 is 0. The summed E-state index contributed by atoms with van der Waals surface area (Å²) in [6.45, 7) is 3.92. The van der Waals surface area contributed by atoms with Crippen molar-refractivity contribution >= 4 is 22.6 Å². The third-order valence-corrected chi connectivity index (χ3v) is 5.99. The van der Waals surface area contributed by atoms with Crippen LogP contribution in [0.25, 0.3) is 10.8 Å². The highest BCUT2D eigenvalue weighted by molar-refractivity contribution is 5.91. The topological polar surface area (TPSA) is 122 Å². The number of piperazine rings is 1. The molecule has 1 atom stereocenters. The summed E-state index contributed by atoms with van der Waals surface area (Å²) < 4.78 is 5.23. The minimum Gasteiger partial charge on any atom is -0.497 e. The highest BCUT2D eigenvalue weighted by Crippen LogP contribution is 2.32. The van der Waals surface area contributed by atoms with Crippen molar-refractivity contribution in [2.75, 3.05) is 46.4 Å². The molecular formula is C22H27N3O7. The lowest BCUT2D eigenvalue weighted by molar-refractivity contribution is -0.757. The van der Waals surface area contributed by atoms with Crippen molar-refractivity contribution < 1.29 is 29.4 Å². The first-order valence-electron chi connectivity index (χ1n) is 10.3. The summed E-state index contributed by atoms with van der Waals surface area (Å²) in [7, 11) is 1.59. The monoisotopic (exact) mass is 445 g/mol. The number of hydrogen-bond acceptors (Lipinski definition) is 7. The van der Waals surface area contributed by atoms with Gasteiger partial charge in [-0.25, -0.2) is 0 Å². The van der Waals surface area contributed by atoms with E-state index in [1.54, 1.807) is 25.0 Å². The van der Waals surface area contributed by atoms with Crippen molar-refractivity contribution in [3.63, 3.8) is 0 Å². The molecule has 1 saturated heterocycles. The van der Waals surface area contributed by atoms with E-state index in [2.05, 4.69) is 4.84 Å². The van der Waals surface area contributed by atoms with Crippen molar-refractivity contribution in [1.29, 1.82) is 0 Å². The number of carbonyl (C=O) groups excluding carboxylic acids is 1. The Morgan fingerprint density at radius 3 is 2.41 bits per heavy atom. The van der Waals surface area contributed by atoms with Crippen LogP contribution in [0.2, 0.25) is 0 Å². The van der Waals surface area contributed by atoms with Crippen LogP contribution < -0.4 is 4.74 Å². The van der Waals surface area contributed by atoms with Gasteiger partial charge < -0.3 is 19.6 Å². The molecule has 1 heterocycles. The molecule has 0 unspecified atom stereocenters. The molecule has 0 radical (unpaired) electrons. The number of fused-ring (bicyclic) bond motifs is 1. The van der Waals surface area contributed by atoms with E-state index in [0.717, 1.165) is 10.8 Å². The lowest BCUT2D eigenvalue weighted by atomic mass is 9.78. The molecular weight excluding hydrogens is 418 g/mol. The van der Waals surface area contributed by atoms with Crippen LogP contribution in [0.5, 0.6) is 5.75 Å². The Morgan fingerprint density at radius 2 is 1.78 bits per heavy atom. The second-order valence-electron chi connectivity index (χ2n) is 8.02. The van der Waals surface area contributed by atoms with Crippen LogP contribution >= 0.6 is 0 Å². The fourth-order valence-corrected chi connectivity index (χ4v) is 3.87. The van der Waals surface area contributed by atoms with Gasteiger partial charge in [-0.2, -0.15) is 0 Å². The van der Waals surface area contributed by atoms with E-state index in [4.69, 9.17) is 4.74 Å². The Hall–Kier alpha value is -3.40. The zero-order valence-electron chi connectivity index (χ0n) is 18.2. The van der Waals surface area contributed by atoms with Crippen molar-refractivity contribution in [3.8, 4) is 5.75 Å². The molecule has 1 aliphatic rings. The molecule has 0 saturated carbocycles. The quantitative estimate of drug-likeness (QED) is 0.459. The number of carboxylic acid groups (broad SMARTS) is 1. The summed E-state index contributed by atoms with van der Waals surface area (Å²) in [6.07, 6.45) is -0.158. The molecule has 0 aliphatic carbocycles. The Bertz CT molecular complexity index is 1000. The largest absolute Gasteiger partial charge is 0.497 e. The van der Waals surface area contributed by atoms with Gasteiger partial charge >= 0.3 is 5.97 Å². The Balaban J connectivity index is 1.68. The van der Waals surface area contributed by atoms with Gasteiger partial charge in [0.25, 0.3) is 5.09 Å². The molecule has 10 heteroatoms. The number of carbonyl (C=O) groups is 2. The van der Waals surface area contributed by atoms with Crippen LogP contribution in [0.1, 0.15) is 18.9 Å². The Kier molecular flexibility index (Phi) is 7.14. The van der Waals surface area contributed by atoms with Gasteiger partial charge in [-0.3, -0.25) is 14.5 Å². The summed E-state index contributed by atoms with van der Waals surface area (Å²) in [5.41, 5.74) is -0.811. The minimum atomic E-state index is -1.37. The van der Waals surface area contributed by atoms with Gasteiger partial charge in [0.2, 0.25) is 5.91 Å². The zero-order chi connectivity index (χ0) is 23.3. The van der Waals surface area contributed by atoms with Crippen LogP contribution in [0.3, 0.4) is 0 Å². The molecule has 0 bridgehead atoms. The van der Waals surface area contributed by atoms with Crippen LogP contribution in [-0.2, 0) is 19.8 Å². The first-order chi connectivity index (χ1) is 15.2. The summed E-state index contributed by atoms with van der Waals surface area (Å²) in [6, 6.07) is 10.9. The number of ether oxygens (including phenoxy) is 1. The van der Waals surface area contributed by atoms with Gasteiger partial charge in [0.05, 0.1) is 12.5 Å². The van der Waals surface area contributed by atoms with E-state index in [0.29, 0.717) is 44.0 Å². The summed E-state index contributed by atoms with van der Waals surface area (Å²) in [5.74, 6) is -0.578. The average molecular weight is 445 g/mol. The van der Waals surface area contributed by atoms with Gasteiger partial charge in [0.15, 0.2) is 0 Å². The molecule has 10 nitrogen and oxygen atoms in total. The molecule has 2 aromatic rings. The van der Waals surface area contributed by atoms with Gasteiger partial charge in [-0.1, -0.05) is 18.2 Å². The van der Waals surface area contributed by atoms with Crippen molar-refractivity contribution in [2.24, 2.45) is 0 Å². The lowest BCUT2D eigenvalue weighted by Crippen LogP contribution is -2.51. The second kappa shape index (κ2) is 9.82. The molecule has 1 amide bonds. The number of hydrogen-bond donors (Lipinski definition) is 1. The van der Waals surface area contributed by atoms with E-state index in [1.165, 1.54) is 0 Å². The van der Waals surface area contributed by atoms with Crippen LogP contribution in [0.15, 0.2) is 36.4 Å². The zero-order valence-corrected chi connectivity index (χ0v) is 18.2. The number of benzene rings is 2. The molecule has 32 heavy (non-hydrogen) atoms. The molecule has 1 aliphatic heterocycles. The highest BCUT2D eigenvalue weighted by Gasteiger charge is 2.39. The second-order valence-corrected chi connectivity index (χ2v) is 8.02. The Labute approximate surface area is 185 Å². The maximum absolute atomic E-state index is 13.0. The molecule has 0 aromatic heterocycles. The summed E-state index contributed by atoms with van der Waals surface area (Å²) in [5, 5.41) is 21.2. The van der Waals surface area contributed by atoms with Crippen LogP contribution in [-0.4, -0.2) is 78.3 Å². The third kappa shape index (κ3) is 5.25. The van der Waals surface area contributed by atoms with Gasteiger partial charge in [0.1, 0.15) is 12.4 Å². The molecule has 3 rings (SSSR count). The normalized spacial score (nSPS) is 16.4. The molecule has 172 valence electrons. The van der Waals surface area contributed by atoms with E-state index < -0.39 is 16.5 Å². The predicted octanol–water partition coefficient (Wildman–Crippen LogP) is 1.93. The molecule has 1 N–H and O–H groups in total. The van der Waals surface area contributed by atoms with Crippen molar-refractivity contribution in [1.82, 2.24) is 9.80 Å². The SMILES string of the molecule is COc1ccc2cc([C@](C)(CC(=O)N3CCN(CCO[N+](=O)[O-])CC3)C(=O)O)ccc2c1. The standard InChI is InChI=1S/C22H27N3O7/c1-22(21(27)28,18-5-3-17-14-19(31-2)6-4-16(17)13-18)15-20(26)24-9-7-23(8-10-24)11-12-32-25(29)30/h3-6,13-14H,7-12,15H2,1-2H3,(H,27,28)/t22-/m0/s1. The molecule has 0 spiro atoms. The van der Waals surface area contributed by atoms with Gasteiger partial charge in [0, 0.05) is 39.1 Å². The van der Waals surface area contributed by atoms with E-state index in [-0.39, 0.29) is 18.9 Å². The number of amides is 1. The number of carboxylic acids is 1. The maximum atomic E-state index is 13.0. The lowest BCUT2D eigenvalue weighted by Gasteiger charge is -2.36. The minimum absolute atomic E-state index is 0.0220. The third-order valence-electron chi connectivity index (χ3n) is 5.99. The number of nitrogens with zero attached hydrogens (tertiary/aromatic N) is 3. The fourth-order valence-electron chi connectivity index (χ4n) is 3.87. The number of methoxy groups -OCH3 is 1. The van der Waals surface area contributed by atoms with Crippen molar-refractivity contribution in [3.05, 3.63) is 52.1 Å². The van der Waals surface area contributed by atoms with Gasteiger partial charge in [-0.05, 0) is 41.5 Å². The van der Waals surface area contributed by atoms with Gasteiger partial charge in [-0.15, -0.1) is 10.1 Å². The highest BCUT2D eigenvalue weighted by atomic mass is 16.9. The van der Waals surface area contributed by atoms with E-state index in [9.17, 15) is 24.8 Å². The van der Waals surface area contributed by atoms with Crippen LogP contribution in [0.4, 0.5) is 0 Å². The molecule has 2 aromatic carbocycles. The first-order valence-corrected chi connectivity index (χ1v) is 10.3. The number of aliphatic carboxylic acids is 1. The van der Waals surface area contributed by atoms with Crippen molar-refractivity contribution in [2.45, 2.75) is 18.8 Å². The van der Waals surface area contributed by atoms with Crippen LogP contribution in [0, 0.1) is 10.1 Å². The first kappa shape index (κ1) is 23.3. The molecule has 1 fully saturated rings. The predicted molar refractivity (Wildman–Crippen MR) is 116 cm³/mol. The summed E-state index contributed by atoms with van der Waals surface area (Å²) in [4.78, 5) is 43.4.